The highest BCUT2D eigenvalue weighted by Gasteiger charge is 2.41. The van der Waals surface area contributed by atoms with E-state index in [0.717, 1.165) is 4.31 Å². The summed E-state index contributed by atoms with van der Waals surface area (Å²) in [6.07, 6.45) is 0.281. The minimum atomic E-state index is -3.96. The van der Waals surface area contributed by atoms with Crippen molar-refractivity contribution in [2.45, 2.75) is 30.8 Å². The van der Waals surface area contributed by atoms with Gasteiger partial charge in [-0.15, -0.1) is 0 Å². The first-order chi connectivity index (χ1) is 9.91. The number of hydrogen-bond acceptors (Lipinski definition) is 5. The van der Waals surface area contributed by atoms with Crippen molar-refractivity contribution in [2.24, 2.45) is 5.73 Å². The topological polar surface area (TPSA) is 110 Å². The molecule has 1 aromatic carbocycles. The molecule has 1 atom stereocenters. The normalized spacial score (nSPS) is 20.4. The average Bonchev–Trinajstić information content (AvgIpc) is 2.46. The number of carbonyl (C=O) groups is 2. The van der Waals surface area contributed by atoms with Gasteiger partial charge in [-0.1, -0.05) is 25.1 Å². The fraction of sp³-hybridized carbons (Fsp3) is 0.385. The van der Waals surface area contributed by atoms with E-state index in [1.807, 2.05) is 0 Å². The van der Waals surface area contributed by atoms with Crippen LogP contribution in [0.1, 0.15) is 18.9 Å². The van der Waals surface area contributed by atoms with Gasteiger partial charge in [-0.25, -0.2) is 8.42 Å². The Labute approximate surface area is 123 Å². The molecule has 0 saturated carbocycles. The second kappa shape index (κ2) is 5.92. The molecule has 21 heavy (non-hydrogen) atoms. The summed E-state index contributed by atoms with van der Waals surface area (Å²) in [5, 5.41) is 2.15. The summed E-state index contributed by atoms with van der Waals surface area (Å²) < 4.78 is 26.5. The van der Waals surface area contributed by atoms with Crippen LogP contribution in [0.25, 0.3) is 0 Å². The van der Waals surface area contributed by atoms with Crippen LogP contribution >= 0.6 is 0 Å². The van der Waals surface area contributed by atoms with Crippen LogP contribution in [0.2, 0.25) is 0 Å². The maximum absolute atomic E-state index is 12.8. The van der Waals surface area contributed by atoms with Crippen LogP contribution in [0.15, 0.2) is 29.2 Å². The standard InChI is InChI=1S/C13H17N3O4S/c1-2-10-13(18)15-12(17)8-16(10)21(19,20)11-6-4-3-5-9(11)7-14/h3-6,10H,2,7-8,14H2,1H3,(H,15,17,18). The van der Waals surface area contributed by atoms with E-state index in [1.165, 1.54) is 6.07 Å². The third-order valence-electron chi connectivity index (χ3n) is 3.38. The van der Waals surface area contributed by atoms with E-state index in [1.54, 1.807) is 25.1 Å². The minimum Gasteiger partial charge on any atom is -0.326 e. The average molecular weight is 311 g/mol. The lowest BCUT2D eigenvalue weighted by Gasteiger charge is -2.32. The monoisotopic (exact) mass is 311 g/mol. The van der Waals surface area contributed by atoms with E-state index in [0.29, 0.717) is 5.56 Å². The van der Waals surface area contributed by atoms with Gasteiger partial charge in [-0.05, 0) is 18.1 Å². The Balaban J connectivity index is 2.51. The molecule has 1 aromatic rings. The molecule has 1 unspecified atom stereocenters. The number of piperazine rings is 1. The minimum absolute atomic E-state index is 0.0356. The van der Waals surface area contributed by atoms with Gasteiger partial charge >= 0.3 is 0 Å². The third kappa shape index (κ3) is 2.82. The zero-order valence-electron chi connectivity index (χ0n) is 11.6. The van der Waals surface area contributed by atoms with Crippen molar-refractivity contribution < 1.29 is 18.0 Å². The summed E-state index contributed by atoms with van der Waals surface area (Å²) in [4.78, 5) is 23.4. The van der Waals surface area contributed by atoms with Gasteiger partial charge in [0.1, 0.15) is 6.04 Å². The molecule has 0 aromatic heterocycles. The molecule has 1 aliphatic rings. The van der Waals surface area contributed by atoms with Gasteiger partial charge in [0.25, 0.3) is 0 Å². The number of benzene rings is 1. The molecule has 0 spiro atoms. The van der Waals surface area contributed by atoms with Crippen molar-refractivity contribution >= 4 is 21.8 Å². The Hall–Kier alpha value is -1.77. The fourth-order valence-corrected chi connectivity index (χ4v) is 4.19. The first kappa shape index (κ1) is 15.6. The number of hydrogen-bond donors (Lipinski definition) is 2. The van der Waals surface area contributed by atoms with Crippen LogP contribution in [0.5, 0.6) is 0 Å². The van der Waals surface area contributed by atoms with E-state index in [2.05, 4.69) is 5.32 Å². The predicted octanol–water partition coefficient (Wildman–Crippen LogP) is -0.429. The Morgan fingerprint density at radius 3 is 2.62 bits per heavy atom. The molecule has 0 bridgehead atoms. The first-order valence-electron chi connectivity index (χ1n) is 6.55. The van der Waals surface area contributed by atoms with Gasteiger partial charge in [0.05, 0.1) is 11.4 Å². The lowest BCUT2D eigenvalue weighted by Crippen LogP contribution is -2.59. The second-order valence-electron chi connectivity index (χ2n) is 4.70. The summed E-state index contributed by atoms with van der Waals surface area (Å²) in [6, 6.07) is 5.42. The number of sulfonamides is 1. The lowest BCUT2D eigenvalue weighted by molar-refractivity contribution is -0.137. The number of rotatable bonds is 4. The molecule has 114 valence electrons. The van der Waals surface area contributed by atoms with Gasteiger partial charge < -0.3 is 5.73 Å². The number of nitrogens with zero attached hydrogens (tertiary/aromatic N) is 1. The van der Waals surface area contributed by atoms with Crippen LogP contribution < -0.4 is 11.1 Å². The maximum Gasteiger partial charge on any atom is 0.245 e. The SMILES string of the molecule is CCC1C(=O)NC(=O)CN1S(=O)(=O)c1ccccc1CN. The molecule has 1 fully saturated rings. The molecular weight excluding hydrogens is 294 g/mol. The number of imide groups is 1. The highest BCUT2D eigenvalue weighted by molar-refractivity contribution is 7.89. The van der Waals surface area contributed by atoms with E-state index in [4.69, 9.17) is 5.73 Å². The Morgan fingerprint density at radius 2 is 2.00 bits per heavy atom. The number of nitrogens with one attached hydrogen (secondary N) is 1. The van der Waals surface area contributed by atoms with Gasteiger partial charge in [0.15, 0.2) is 0 Å². The predicted molar refractivity (Wildman–Crippen MR) is 75.5 cm³/mol. The molecule has 3 N–H and O–H groups in total. The Kier molecular flexibility index (Phi) is 4.40. The summed E-state index contributed by atoms with van der Waals surface area (Å²) >= 11 is 0. The van der Waals surface area contributed by atoms with Crippen LogP contribution in [-0.4, -0.2) is 37.1 Å². The van der Waals surface area contributed by atoms with Crippen molar-refractivity contribution in [2.75, 3.05) is 6.54 Å². The molecule has 1 saturated heterocycles. The zero-order valence-corrected chi connectivity index (χ0v) is 12.4. The molecule has 2 amide bonds. The largest absolute Gasteiger partial charge is 0.326 e. The van der Waals surface area contributed by atoms with E-state index in [-0.39, 0.29) is 24.4 Å². The van der Waals surface area contributed by atoms with Crippen LogP contribution in [-0.2, 0) is 26.2 Å². The third-order valence-corrected chi connectivity index (χ3v) is 5.33. The lowest BCUT2D eigenvalue weighted by atomic mass is 10.2. The van der Waals surface area contributed by atoms with E-state index in [9.17, 15) is 18.0 Å². The molecule has 7 nitrogen and oxygen atoms in total. The molecule has 1 heterocycles. The highest BCUT2D eigenvalue weighted by atomic mass is 32.2. The summed E-state index contributed by atoms with van der Waals surface area (Å²) in [7, 11) is -3.96. The quantitative estimate of drug-likeness (QED) is 0.733. The summed E-state index contributed by atoms with van der Waals surface area (Å²) in [5.41, 5.74) is 6.02. The van der Waals surface area contributed by atoms with Crippen molar-refractivity contribution in [3.8, 4) is 0 Å². The van der Waals surface area contributed by atoms with Gasteiger partial charge in [0, 0.05) is 6.54 Å². The number of nitrogens with two attached hydrogens (primary N) is 1. The number of amides is 2. The van der Waals surface area contributed by atoms with Crippen LogP contribution in [0.4, 0.5) is 0 Å². The highest BCUT2D eigenvalue weighted by Crippen LogP contribution is 2.24. The molecule has 8 heteroatoms. The van der Waals surface area contributed by atoms with Crippen molar-refractivity contribution in [3.05, 3.63) is 29.8 Å². The summed E-state index contributed by atoms with van der Waals surface area (Å²) in [5.74, 6) is -1.22. The molecule has 0 radical (unpaired) electrons. The molecule has 2 rings (SSSR count). The van der Waals surface area contributed by atoms with E-state index < -0.39 is 27.9 Å². The smallest absolute Gasteiger partial charge is 0.245 e. The van der Waals surface area contributed by atoms with Crippen molar-refractivity contribution in [1.29, 1.82) is 0 Å². The fourth-order valence-electron chi connectivity index (χ4n) is 2.33. The van der Waals surface area contributed by atoms with Gasteiger partial charge in [-0.3, -0.25) is 14.9 Å². The molecular formula is C13H17N3O4S. The second-order valence-corrected chi connectivity index (χ2v) is 6.56. The maximum atomic E-state index is 12.8. The van der Waals surface area contributed by atoms with Crippen molar-refractivity contribution in [1.82, 2.24) is 9.62 Å². The Morgan fingerprint density at radius 1 is 1.33 bits per heavy atom. The molecule has 0 aliphatic carbocycles. The summed E-state index contributed by atoms with van der Waals surface area (Å²) in [6.45, 7) is 1.38. The van der Waals surface area contributed by atoms with Crippen LogP contribution in [0.3, 0.4) is 0 Å². The molecule has 1 aliphatic heterocycles. The zero-order chi connectivity index (χ0) is 15.6. The van der Waals surface area contributed by atoms with Gasteiger partial charge in [0.2, 0.25) is 21.8 Å². The van der Waals surface area contributed by atoms with Gasteiger partial charge in [-0.2, -0.15) is 4.31 Å². The van der Waals surface area contributed by atoms with Crippen LogP contribution in [0, 0.1) is 0 Å². The Bertz CT molecular complexity index is 672. The van der Waals surface area contributed by atoms with E-state index >= 15 is 0 Å². The van der Waals surface area contributed by atoms with Crippen molar-refractivity contribution in [3.63, 3.8) is 0 Å². The number of carbonyl (C=O) groups excluding carboxylic acids is 2. The first-order valence-corrected chi connectivity index (χ1v) is 7.99.